The number of carbonyl (C=O) groups is 2. The number of rotatable bonds is 5. The predicted molar refractivity (Wildman–Crippen MR) is 79.2 cm³/mol. The number of carbonyl (C=O) groups excluding carboxylic acids is 2. The van der Waals surface area contributed by atoms with Crippen molar-refractivity contribution in [3.05, 3.63) is 0 Å². The molecule has 1 N–H and O–H groups in total. The molecule has 2 amide bonds. The summed E-state index contributed by atoms with van der Waals surface area (Å²) in [6, 6.07) is 0.276. The van der Waals surface area contributed by atoms with Gasteiger partial charge in [-0.3, -0.25) is 9.59 Å². The molecule has 1 saturated carbocycles. The van der Waals surface area contributed by atoms with Crippen LogP contribution in [0.4, 0.5) is 0 Å². The molecule has 1 saturated heterocycles. The quantitative estimate of drug-likeness (QED) is 0.841. The molecule has 2 rings (SSSR count). The standard InChI is InChI=1S/C16H28N2O2/c1-2-3-8-15(19)18-11-9-14(10-12-18)17-16(20)13-6-4-5-7-13/h13-14H,2-12H2,1H3,(H,17,20). The maximum atomic E-state index is 12.1. The average molecular weight is 280 g/mol. The Morgan fingerprint density at radius 2 is 1.75 bits per heavy atom. The minimum absolute atomic E-state index is 0.248. The van der Waals surface area contributed by atoms with E-state index in [4.69, 9.17) is 0 Å². The molecule has 4 heteroatoms. The van der Waals surface area contributed by atoms with Crippen molar-refractivity contribution in [1.29, 1.82) is 0 Å². The first-order valence-electron chi connectivity index (χ1n) is 8.29. The molecule has 0 spiro atoms. The van der Waals surface area contributed by atoms with Crippen LogP contribution < -0.4 is 5.32 Å². The summed E-state index contributed by atoms with van der Waals surface area (Å²) in [6.07, 6.45) is 9.06. The van der Waals surface area contributed by atoms with Crippen molar-refractivity contribution >= 4 is 11.8 Å². The Morgan fingerprint density at radius 1 is 1.10 bits per heavy atom. The maximum Gasteiger partial charge on any atom is 0.223 e. The predicted octanol–water partition coefficient (Wildman–Crippen LogP) is 2.47. The van der Waals surface area contributed by atoms with Crippen LogP contribution in [0.25, 0.3) is 0 Å². The van der Waals surface area contributed by atoms with Gasteiger partial charge in [-0.15, -0.1) is 0 Å². The van der Waals surface area contributed by atoms with Crippen molar-refractivity contribution < 1.29 is 9.59 Å². The zero-order valence-electron chi connectivity index (χ0n) is 12.7. The summed E-state index contributed by atoms with van der Waals surface area (Å²) >= 11 is 0. The Bertz CT molecular complexity index is 329. The third-order valence-corrected chi connectivity index (χ3v) is 4.66. The van der Waals surface area contributed by atoms with Gasteiger partial charge in [0.05, 0.1) is 0 Å². The highest BCUT2D eigenvalue weighted by molar-refractivity contribution is 5.79. The summed E-state index contributed by atoms with van der Waals surface area (Å²) in [6.45, 7) is 3.72. The van der Waals surface area contributed by atoms with Gasteiger partial charge in [0.1, 0.15) is 0 Å². The lowest BCUT2D eigenvalue weighted by Gasteiger charge is -2.33. The van der Waals surface area contributed by atoms with Crippen LogP contribution in [0.3, 0.4) is 0 Å². The fourth-order valence-corrected chi connectivity index (χ4v) is 3.27. The smallest absolute Gasteiger partial charge is 0.223 e. The van der Waals surface area contributed by atoms with Gasteiger partial charge < -0.3 is 10.2 Å². The van der Waals surface area contributed by atoms with Crippen LogP contribution in [0.5, 0.6) is 0 Å². The molecule has 2 fully saturated rings. The topological polar surface area (TPSA) is 49.4 Å². The molecule has 1 aliphatic heterocycles. The second kappa shape index (κ2) is 7.65. The van der Waals surface area contributed by atoms with E-state index in [1.54, 1.807) is 0 Å². The monoisotopic (exact) mass is 280 g/mol. The van der Waals surface area contributed by atoms with Crippen molar-refractivity contribution in [1.82, 2.24) is 10.2 Å². The van der Waals surface area contributed by atoms with Gasteiger partial charge in [0.2, 0.25) is 11.8 Å². The second-order valence-electron chi connectivity index (χ2n) is 6.25. The normalized spacial score (nSPS) is 21.1. The molecule has 0 aromatic heterocycles. The van der Waals surface area contributed by atoms with E-state index in [-0.39, 0.29) is 23.8 Å². The summed E-state index contributed by atoms with van der Waals surface area (Å²) in [5.74, 6) is 0.782. The third-order valence-electron chi connectivity index (χ3n) is 4.66. The Morgan fingerprint density at radius 3 is 2.35 bits per heavy atom. The second-order valence-corrected chi connectivity index (χ2v) is 6.25. The lowest BCUT2D eigenvalue weighted by molar-refractivity contribution is -0.132. The maximum absolute atomic E-state index is 12.1. The molecule has 0 unspecified atom stereocenters. The number of piperidine rings is 1. The van der Waals surface area contributed by atoms with E-state index in [1.165, 1.54) is 12.8 Å². The molecule has 0 atom stereocenters. The zero-order chi connectivity index (χ0) is 14.4. The molecule has 0 radical (unpaired) electrons. The largest absolute Gasteiger partial charge is 0.353 e. The number of hydrogen-bond donors (Lipinski definition) is 1. The number of unbranched alkanes of at least 4 members (excludes halogenated alkanes) is 1. The summed E-state index contributed by atoms with van der Waals surface area (Å²) in [5, 5.41) is 3.19. The van der Waals surface area contributed by atoms with Gasteiger partial charge in [-0.2, -0.15) is 0 Å². The number of nitrogens with one attached hydrogen (secondary N) is 1. The van der Waals surface area contributed by atoms with E-state index in [9.17, 15) is 9.59 Å². The van der Waals surface area contributed by atoms with E-state index in [0.717, 1.165) is 51.6 Å². The number of likely N-dealkylation sites (tertiary alicyclic amines) is 1. The van der Waals surface area contributed by atoms with Crippen molar-refractivity contribution in [3.8, 4) is 0 Å². The Kier molecular flexibility index (Phi) is 5.86. The van der Waals surface area contributed by atoms with Gasteiger partial charge in [-0.05, 0) is 32.1 Å². The first kappa shape index (κ1) is 15.3. The Hall–Kier alpha value is -1.06. The number of hydrogen-bond acceptors (Lipinski definition) is 2. The molecule has 0 aromatic rings. The van der Waals surface area contributed by atoms with Crippen LogP contribution in [-0.2, 0) is 9.59 Å². The van der Waals surface area contributed by atoms with Crippen LogP contribution in [0.15, 0.2) is 0 Å². The molecular formula is C16H28N2O2. The van der Waals surface area contributed by atoms with Crippen molar-refractivity contribution in [2.45, 2.75) is 70.8 Å². The van der Waals surface area contributed by atoms with Crippen LogP contribution in [0.1, 0.15) is 64.7 Å². The van der Waals surface area contributed by atoms with E-state index in [0.29, 0.717) is 6.42 Å². The van der Waals surface area contributed by atoms with Crippen LogP contribution in [0.2, 0.25) is 0 Å². The first-order chi connectivity index (χ1) is 9.70. The molecule has 0 aromatic carbocycles. The molecule has 1 heterocycles. The zero-order valence-corrected chi connectivity index (χ0v) is 12.7. The van der Waals surface area contributed by atoms with E-state index < -0.39 is 0 Å². The lowest BCUT2D eigenvalue weighted by atomic mass is 10.0. The van der Waals surface area contributed by atoms with Gasteiger partial charge in [-0.1, -0.05) is 26.2 Å². The fraction of sp³-hybridized carbons (Fsp3) is 0.875. The molecule has 1 aliphatic carbocycles. The highest BCUT2D eigenvalue weighted by Crippen LogP contribution is 2.25. The van der Waals surface area contributed by atoms with Crippen molar-refractivity contribution in [2.75, 3.05) is 13.1 Å². The first-order valence-corrected chi connectivity index (χ1v) is 8.29. The Balaban J connectivity index is 1.68. The summed E-state index contributed by atoms with van der Waals surface area (Å²) in [5.41, 5.74) is 0. The molecule has 114 valence electrons. The molecule has 4 nitrogen and oxygen atoms in total. The third kappa shape index (κ3) is 4.22. The highest BCUT2D eigenvalue weighted by Gasteiger charge is 2.27. The molecule has 0 bridgehead atoms. The highest BCUT2D eigenvalue weighted by atomic mass is 16.2. The van der Waals surface area contributed by atoms with Crippen LogP contribution in [0, 0.1) is 5.92 Å². The summed E-state index contributed by atoms with van der Waals surface area (Å²) in [7, 11) is 0. The van der Waals surface area contributed by atoms with Crippen LogP contribution >= 0.6 is 0 Å². The van der Waals surface area contributed by atoms with Gasteiger partial charge >= 0.3 is 0 Å². The van der Waals surface area contributed by atoms with Crippen molar-refractivity contribution in [2.24, 2.45) is 5.92 Å². The molecule has 20 heavy (non-hydrogen) atoms. The molecule has 2 aliphatic rings. The minimum Gasteiger partial charge on any atom is -0.353 e. The van der Waals surface area contributed by atoms with Gasteiger partial charge in [0, 0.05) is 31.5 Å². The van der Waals surface area contributed by atoms with Gasteiger partial charge in [0.25, 0.3) is 0 Å². The van der Waals surface area contributed by atoms with E-state index in [1.807, 2.05) is 4.90 Å². The van der Waals surface area contributed by atoms with Gasteiger partial charge in [0.15, 0.2) is 0 Å². The fourth-order valence-electron chi connectivity index (χ4n) is 3.27. The molecular weight excluding hydrogens is 252 g/mol. The number of nitrogens with zero attached hydrogens (tertiary/aromatic N) is 1. The number of amides is 2. The minimum atomic E-state index is 0.248. The Labute approximate surface area is 122 Å². The summed E-state index contributed by atoms with van der Waals surface area (Å²) in [4.78, 5) is 26.0. The SMILES string of the molecule is CCCCC(=O)N1CCC(NC(=O)C2CCCC2)CC1. The van der Waals surface area contributed by atoms with Gasteiger partial charge in [-0.25, -0.2) is 0 Å². The lowest BCUT2D eigenvalue weighted by Crippen LogP contribution is -2.47. The van der Waals surface area contributed by atoms with E-state index in [2.05, 4.69) is 12.2 Å². The van der Waals surface area contributed by atoms with Crippen molar-refractivity contribution in [3.63, 3.8) is 0 Å². The average Bonchev–Trinajstić information content (AvgIpc) is 3.00. The van der Waals surface area contributed by atoms with E-state index >= 15 is 0 Å². The van der Waals surface area contributed by atoms with Crippen LogP contribution in [-0.4, -0.2) is 35.8 Å². The summed E-state index contributed by atoms with van der Waals surface area (Å²) < 4.78 is 0.